The number of halogens is 1. The van der Waals surface area contributed by atoms with Gasteiger partial charge in [0.1, 0.15) is 4.60 Å². The SMILES string of the molecule is Cc1nc(Br)ccc1NC(C)c1ccc(S(N)(=O)=O)cc1. The molecule has 0 saturated carbocycles. The number of hydrogen-bond donors (Lipinski definition) is 2. The molecule has 1 aromatic heterocycles. The number of rotatable bonds is 4. The molecular weight excluding hydrogens is 354 g/mol. The zero-order valence-corrected chi connectivity index (χ0v) is 14.1. The summed E-state index contributed by atoms with van der Waals surface area (Å²) in [6.45, 7) is 3.91. The molecule has 0 amide bonds. The molecule has 0 radical (unpaired) electrons. The Bertz CT molecular complexity index is 745. The van der Waals surface area contributed by atoms with Crippen molar-refractivity contribution < 1.29 is 8.42 Å². The molecule has 0 spiro atoms. The van der Waals surface area contributed by atoms with E-state index in [-0.39, 0.29) is 10.9 Å². The van der Waals surface area contributed by atoms with Crippen LogP contribution >= 0.6 is 15.9 Å². The van der Waals surface area contributed by atoms with Gasteiger partial charge in [-0.3, -0.25) is 0 Å². The summed E-state index contributed by atoms with van der Waals surface area (Å²) in [6, 6.07) is 10.3. The quantitative estimate of drug-likeness (QED) is 0.811. The van der Waals surface area contributed by atoms with Crippen molar-refractivity contribution in [2.24, 2.45) is 5.14 Å². The van der Waals surface area contributed by atoms with Crippen LogP contribution in [0.5, 0.6) is 0 Å². The zero-order chi connectivity index (χ0) is 15.6. The van der Waals surface area contributed by atoms with Gasteiger partial charge < -0.3 is 5.32 Å². The highest BCUT2D eigenvalue weighted by Crippen LogP contribution is 2.23. The van der Waals surface area contributed by atoms with E-state index in [9.17, 15) is 8.42 Å². The summed E-state index contributed by atoms with van der Waals surface area (Å²) in [4.78, 5) is 4.44. The van der Waals surface area contributed by atoms with Crippen molar-refractivity contribution in [1.29, 1.82) is 0 Å². The summed E-state index contributed by atoms with van der Waals surface area (Å²) < 4.78 is 23.2. The average Bonchev–Trinajstić information content (AvgIpc) is 2.41. The lowest BCUT2D eigenvalue weighted by Gasteiger charge is -2.17. The fraction of sp³-hybridized carbons (Fsp3) is 0.214. The predicted molar refractivity (Wildman–Crippen MR) is 86.5 cm³/mol. The van der Waals surface area contributed by atoms with Gasteiger partial charge in [0.15, 0.2) is 0 Å². The minimum atomic E-state index is -3.65. The molecule has 0 saturated heterocycles. The molecule has 3 N–H and O–H groups in total. The molecule has 1 heterocycles. The molecule has 0 aliphatic carbocycles. The monoisotopic (exact) mass is 369 g/mol. The second-order valence-corrected chi connectivity index (χ2v) is 7.12. The van der Waals surface area contributed by atoms with E-state index < -0.39 is 10.0 Å². The third-order valence-electron chi connectivity index (χ3n) is 3.13. The fourth-order valence-electron chi connectivity index (χ4n) is 1.95. The van der Waals surface area contributed by atoms with Gasteiger partial charge in [-0.1, -0.05) is 12.1 Å². The summed E-state index contributed by atoms with van der Waals surface area (Å²) in [7, 11) is -3.65. The number of nitrogens with one attached hydrogen (secondary N) is 1. The lowest BCUT2D eigenvalue weighted by atomic mass is 10.1. The Morgan fingerprint density at radius 3 is 2.33 bits per heavy atom. The van der Waals surface area contributed by atoms with E-state index in [0.717, 1.165) is 21.5 Å². The van der Waals surface area contributed by atoms with Crippen LogP contribution < -0.4 is 10.5 Å². The summed E-state index contributed by atoms with van der Waals surface area (Å²) in [5.41, 5.74) is 2.78. The van der Waals surface area contributed by atoms with Crippen LogP contribution in [0.25, 0.3) is 0 Å². The van der Waals surface area contributed by atoms with E-state index in [4.69, 9.17) is 5.14 Å². The Hall–Kier alpha value is -1.44. The second-order valence-electron chi connectivity index (χ2n) is 4.75. The van der Waals surface area contributed by atoms with Gasteiger partial charge in [0.05, 0.1) is 16.3 Å². The Labute approximate surface area is 132 Å². The van der Waals surface area contributed by atoms with Crippen LogP contribution in [0.1, 0.15) is 24.2 Å². The van der Waals surface area contributed by atoms with Crippen LogP contribution in [-0.4, -0.2) is 13.4 Å². The maximum Gasteiger partial charge on any atom is 0.238 e. The van der Waals surface area contributed by atoms with Gasteiger partial charge in [-0.15, -0.1) is 0 Å². The van der Waals surface area contributed by atoms with E-state index in [1.165, 1.54) is 12.1 Å². The minimum absolute atomic E-state index is 0.0150. The number of pyridine rings is 1. The van der Waals surface area contributed by atoms with Gasteiger partial charge in [-0.25, -0.2) is 18.5 Å². The molecule has 0 bridgehead atoms. The third kappa shape index (κ3) is 4.03. The van der Waals surface area contributed by atoms with Crippen LogP contribution in [0.4, 0.5) is 5.69 Å². The molecule has 0 aliphatic rings. The highest BCUT2D eigenvalue weighted by molar-refractivity contribution is 9.10. The molecule has 2 rings (SSSR count). The van der Waals surface area contributed by atoms with Gasteiger partial charge >= 0.3 is 0 Å². The molecule has 1 atom stereocenters. The lowest BCUT2D eigenvalue weighted by molar-refractivity contribution is 0.597. The summed E-state index contributed by atoms with van der Waals surface area (Å²) in [6.07, 6.45) is 0. The predicted octanol–water partition coefficient (Wildman–Crippen LogP) is 2.97. The Kier molecular flexibility index (Phi) is 4.65. The second kappa shape index (κ2) is 6.13. The van der Waals surface area contributed by atoms with Crippen molar-refractivity contribution in [3.05, 3.63) is 52.3 Å². The summed E-state index contributed by atoms with van der Waals surface area (Å²) >= 11 is 3.33. The number of nitrogens with two attached hydrogens (primary N) is 1. The van der Waals surface area contributed by atoms with Gasteiger partial charge in [-0.2, -0.15) is 0 Å². The zero-order valence-electron chi connectivity index (χ0n) is 11.7. The van der Waals surface area contributed by atoms with Gasteiger partial charge in [0.25, 0.3) is 0 Å². The average molecular weight is 370 g/mol. The fourth-order valence-corrected chi connectivity index (χ4v) is 2.86. The summed E-state index contributed by atoms with van der Waals surface area (Å²) in [5.74, 6) is 0. The lowest BCUT2D eigenvalue weighted by Crippen LogP contribution is -2.13. The number of aromatic nitrogens is 1. The molecular formula is C14H16BrN3O2S. The molecule has 5 nitrogen and oxygen atoms in total. The Morgan fingerprint density at radius 1 is 1.19 bits per heavy atom. The highest BCUT2D eigenvalue weighted by atomic mass is 79.9. The van der Waals surface area contributed by atoms with Gasteiger partial charge in [-0.05, 0) is 59.6 Å². The maximum atomic E-state index is 11.2. The van der Waals surface area contributed by atoms with Crippen molar-refractivity contribution >= 4 is 31.6 Å². The number of hydrogen-bond acceptors (Lipinski definition) is 4. The standard InChI is InChI=1S/C14H16BrN3O2S/c1-9(17-13-7-8-14(15)18-10(13)2)11-3-5-12(6-4-11)21(16,19)20/h3-9,17H,1-2H3,(H2,16,19,20). The van der Waals surface area contributed by atoms with Crippen molar-refractivity contribution in [2.45, 2.75) is 24.8 Å². The molecule has 21 heavy (non-hydrogen) atoms. The molecule has 2 aromatic rings. The normalized spacial score (nSPS) is 13.0. The van der Waals surface area contributed by atoms with Crippen LogP contribution in [0.15, 0.2) is 45.9 Å². The van der Waals surface area contributed by atoms with Crippen molar-refractivity contribution in [3.8, 4) is 0 Å². The number of benzene rings is 1. The molecule has 112 valence electrons. The van der Waals surface area contributed by atoms with E-state index in [2.05, 4.69) is 26.2 Å². The number of aryl methyl sites for hydroxylation is 1. The molecule has 0 aliphatic heterocycles. The maximum absolute atomic E-state index is 11.2. The van der Waals surface area contributed by atoms with Crippen molar-refractivity contribution in [1.82, 2.24) is 4.98 Å². The number of sulfonamides is 1. The Morgan fingerprint density at radius 2 is 1.81 bits per heavy atom. The minimum Gasteiger partial charge on any atom is -0.377 e. The number of anilines is 1. The van der Waals surface area contributed by atoms with Gasteiger partial charge in [0, 0.05) is 6.04 Å². The van der Waals surface area contributed by atoms with Crippen LogP contribution in [0.3, 0.4) is 0 Å². The number of primary sulfonamides is 1. The first-order valence-electron chi connectivity index (χ1n) is 6.30. The van der Waals surface area contributed by atoms with Crippen LogP contribution in [0.2, 0.25) is 0 Å². The molecule has 1 aromatic carbocycles. The summed E-state index contributed by atoms with van der Waals surface area (Å²) in [5, 5.41) is 8.43. The van der Waals surface area contributed by atoms with E-state index in [0.29, 0.717) is 0 Å². The topological polar surface area (TPSA) is 85.1 Å². The molecule has 1 unspecified atom stereocenters. The number of nitrogens with zero attached hydrogens (tertiary/aromatic N) is 1. The van der Waals surface area contributed by atoms with Gasteiger partial charge in [0.2, 0.25) is 10.0 Å². The Balaban J connectivity index is 2.18. The first-order chi connectivity index (χ1) is 9.77. The highest BCUT2D eigenvalue weighted by Gasteiger charge is 2.11. The first-order valence-corrected chi connectivity index (χ1v) is 8.64. The van der Waals surface area contributed by atoms with E-state index in [1.54, 1.807) is 12.1 Å². The van der Waals surface area contributed by atoms with E-state index in [1.807, 2.05) is 26.0 Å². The van der Waals surface area contributed by atoms with Crippen LogP contribution in [-0.2, 0) is 10.0 Å². The smallest absolute Gasteiger partial charge is 0.238 e. The van der Waals surface area contributed by atoms with Crippen molar-refractivity contribution in [2.75, 3.05) is 5.32 Å². The molecule has 7 heteroatoms. The largest absolute Gasteiger partial charge is 0.377 e. The van der Waals surface area contributed by atoms with Crippen molar-refractivity contribution in [3.63, 3.8) is 0 Å². The van der Waals surface area contributed by atoms with Crippen LogP contribution in [0, 0.1) is 6.92 Å². The molecule has 0 fully saturated rings. The van der Waals surface area contributed by atoms with E-state index >= 15 is 0 Å². The first kappa shape index (κ1) is 15.9. The third-order valence-corrected chi connectivity index (χ3v) is 4.50.